The van der Waals surface area contributed by atoms with Crippen LogP contribution >= 0.6 is 0 Å². The van der Waals surface area contributed by atoms with Crippen molar-refractivity contribution < 1.29 is 9.59 Å². The summed E-state index contributed by atoms with van der Waals surface area (Å²) in [7, 11) is 0. The van der Waals surface area contributed by atoms with Crippen LogP contribution in [0.2, 0.25) is 0 Å². The largest absolute Gasteiger partial charge is 0.330 e. The minimum atomic E-state index is -0.219. The van der Waals surface area contributed by atoms with Gasteiger partial charge in [0, 0.05) is 55.7 Å². The second kappa shape index (κ2) is 9.73. The number of aromatic nitrogens is 4. The number of nitrogens with one attached hydrogen (secondary N) is 1. The molecule has 3 heterocycles. The van der Waals surface area contributed by atoms with Gasteiger partial charge in [-0.25, -0.2) is 14.6 Å². The van der Waals surface area contributed by atoms with E-state index in [0.29, 0.717) is 17.9 Å². The molecule has 1 aliphatic heterocycles. The summed E-state index contributed by atoms with van der Waals surface area (Å²) in [5.41, 5.74) is 2.84. The van der Waals surface area contributed by atoms with E-state index in [1.807, 2.05) is 17.7 Å². The van der Waals surface area contributed by atoms with E-state index in [1.165, 1.54) is 6.33 Å². The van der Waals surface area contributed by atoms with Crippen molar-refractivity contribution in [2.45, 2.75) is 39.7 Å². The van der Waals surface area contributed by atoms with Gasteiger partial charge in [-0.05, 0) is 39.1 Å². The first kappa shape index (κ1) is 21.1. The van der Waals surface area contributed by atoms with Gasteiger partial charge in [0.05, 0.1) is 11.4 Å². The lowest BCUT2D eigenvalue weighted by Gasteiger charge is -2.27. The lowest BCUT2D eigenvalue weighted by molar-refractivity contribution is -0.124. The van der Waals surface area contributed by atoms with Crippen molar-refractivity contribution in [2.24, 2.45) is 4.99 Å². The van der Waals surface area contributed by atoms with Crippen LogP contribution in [0.1, 0.15) is 37.4 Å². The molecule has 0 spiro atoms. The molecule has 1 aliphatic rings. The number of aliphatic imine (C=N–C) groups is 1. The Morgan fingerprint density at radius 2 is 2.00 bits per heavy atom. The molecule has 0 saturated heterocycles. The van der Waals surface area contributed by atoms with E-state index in [0.717, 1.165) is 30.0 Å². The molecule has 156 valence electrons. The number of hydrogen-bond acceptors (Lipinski definition) is 6. The Labute approximate surface area is 175 Å². The Balaban J connectivity index is 1.54. The summed E-state index contributed by atoms with van der Waals surface area (Å²) < 4.78 is 1.85. The Kier molecular flexibility index (Phi) is 6.84. The summed E-state index contributed by atoms with van der Waals surface area (Å²) in [6.45, 7) is 8.68. The normalized spacial score (nSPS) is 14.3. The van der Waals surface area contributed by atoms with Crippen LogP contribution in [0.3, 0.4) is 0 Å². The summed E-state index contributed by atoms with van der Waals surface area (Å²) in [4.78, 5) is 38.5. The van der Waals surface area contributed by atoms with Gasteiger partial charge in [0.15, 0.2) is 0 Å². The van der Waals surface area contributed by atoms with E-state index in [9.17, 15) is 9.59 Å². The van der Waals surface area contributed by atoms with Gasteiger partial charge in [0.25, 0.3) is 0 Å². The van der Waals surface area contributed by atoms with E-state index in [2.05, 4.69) is 32.1 Å². The zero-order chi connectivity index (χ0) is 21.5. The lowest BCUT2D eigenvalue weighted by Crippen LogP contribution is -2.38. The Bertz CT molecular complexity index is 992. The number of nitrogens with zero attached hydrogens (tertiary/aromatic N) is 6. The Morgan fingerprint density at radius 1 is 1.23 bits per heavy atom. The van der Waals surface area contributed by atoms with Crippen molar-refractivity contribution in [3.63, 3.8) is 0 Å². The average molecular weight is 407 g/mol. The Morgan fingerprint density at radius 3 is 2.73 bits per heavy atom. The fourth-order valence-electron chi connectivity index (χ4n) is 3.21. The topological polar surface area (TPSA) is 105 Å². The molecule has 0 atom stereocenters. The molecule has 2 amide bonds. The molecule has 9 heteroatoms. The van der Waals surface area contributed by atoms with Crippen LogP contribution in [0.4, 0.5) is 5.82 Å². The van der Waals surface area contributed by atoms with Crippen molar-refractivity contribution in [1.82, 2.24) is 25.1 Å². The van der Waals surface area contributed by atoms with Gasteiger partial charge in [0.2, 0.25) is 11.8 Å². The summed E-state index contributed by atoms with van der Waals surface area (Å²) >= 11 is 0. The van der Waals surface area contributed by atoms with Crippen molar-refractivity contribution in [2.75, 3.05) is 11.4 Å². The lowest BCUT2D eigenvalue weighted by atomic mass is 10.2. The zero-order valence-corrected chi connectivity index (χ0v) is 17.2. The van der Waals surface area contributed by atoms with Gasteiger partial charge in [0.1, 0.15) is 12.1 Å². The zero-order valence-electron chi connectivity index (χ0n) is 17.2. The molecule has 0 saturated carbocycles. The maximum Gasteiger partial charge on any atom is 0.228 e. The molecule has 2 aromatic heterocycles. The van der Waals surface area contributed by atoms with Gasteiger partial charge in [-0.2, -0.15) is 5.10 Å². The van der Waals surface area contributed by atoms with Gasteiger partial charge >= 0.3 is 0 Å². The minimum absolute atomic E-state index is 0.0743. The molecule has 0 aliphatic carbocycles. The van der Waals surface area contributed by atoms with Crippen LogP contribution in [0.5, 0.6) is 0 Å². The first-order valence-electron chi connectivity index (χ1n) is 9.73. The third-order valence-electron chi connectivity index (χ3n) is 4.63. The molecule has 0 unspecified atom stereocenters. The molecule has 9 nitrogen and oxygen atoms in total. The summed E-state index contributed by atoms with van der Waals surface area (Å²) in [6, 6.07) is 1.90. The fourth-order valence-corrected chi connectivity index (χ4v) is 3.21. The monoisotopic (exact) mass is 407 g/mol. The third kappa shape index (κ3) is 5.25. The van der Waals surface area contributed by atoms with Gasteiger partial charge in [-0.1, -0.05) is 0 Å². The standard InChI is InChI=1S/C21H25N7O2/c1-15(5-6-18(22-3)17-12-23-14-24-13-17)25-19(29)7-8-21(30)27-9-4-10-28-20(27)11-16(2)26-28/h5-6,11-14H,3-4,7-10H2,1-2H3,(H,25,29)/b15-5+,18-6-. The molecule has 0 bridgehead atoms. The average Bonchev–Trinajstić information content (AvgIpc) is 3.13. The molecule has 3 rings (SSSR count). The SMILES string of the molecule is C=N/C(=C\C=C(/C)NC(=O)CCC(=O)N1CCCn2nc(C)cc21)c1cncnc1. The van der Waals surface area contributed by atoms with E-state index in [4.69, 9.17) is 0 Å². The van der Waals surface area contributed by atoms with Crippen LogP contribution in [0.15, 0.2) is 47.6 Å². The number of fused-ring (bicyclic) bond motifs is 1. The smallest absolute Gasteiger partial charge is 0.228 e. The maximum absolute atomic E-state index is 12.6. The highest BCUT2D eigenvalue weighted by Crippen LogP contribution is 2.22. The molecular weight excluding hydrogens is 382 g/mol. The molecular formula is C21H25N7O2. The van der Waals surface area contributed by atoms with Gasteiger partial charge < -0.3 is 5.32 Å². The molecule has 30 heavy (non-hydrogen) atoms. The first-order valence-corrected chi connectivity index (χ1v) is 9.73. The Hall–Kier alpha value is -3.62. The van der Waals surface area contributed by atoms with E-state index in [1.54, 1.807) is 36.4 Å². The highest BCUT2D eigenvalue weighted by atomic mass is 16.2. The number of anilines is 1. The molecule has 0 radical (unpaired) electrons. The van der Waals surface area contributed by atoms with Gasteiger partial charge in [-0.15, -0.1) is 0 Å². The minimum Gasteiger partial charge on any atom is -0.330 e. The van der Waals surface area contributed by atoms with Crippen molar-refractivity contribution >= 4 is 30.0 Å². The molecule has 0 aromatic carbocycles. The number of aryl methyl sites for hydroxylation is 2. The number of amides is 2. The molecule has 0 fully saturated rings. The summed E-state index contributed by atoms with van der Waals surface area (Å²) in [5.74, 6) is 0.512. The summed E-state index contributed by atoms with van der Waals surface area (Å²) in [6.07, 6.45) is 9.25. The van der Waals surface area contributed by atoms with Crippen molar-refractivity contribution in [3.05, 3.63) is 53.9 Å². The number of carbonyl (C=O) groups is 2. The van der Waals surface area contributed by atoms with Gasteiger partial charge in [-0.3, -0.25) is 19.5 Å². The van der Waals surface area contributed by atoms with Crippen LogP contribution in [0, 0.1) is 6.92 Å². The van der Waals surface area contributed by atoms with Crippen LogP contribution in [0.25, 0.3) is 5.70 Å². The number of hydrogen-bond donors (Lipinski definition) is 1. The first-order chi connectivity index (χ1) is 14.5. The second-order valence-corrected chi connectivity index (χ2v) is 7.00. The van der Waals surface area contributed by atoms with E-state index < -0.39 is 0 Å². The fraction of sp³-hybridized carbons (Fsp3) is 0.333. The highest BCUT2D eigenvalue weighted by Gasteiger charge is 2.24. The van der Waals surface area contributed by atoms with Crippen LogP contribution in [-0.4, -0.2) is 44.8 Å². The molecule has 1 N–H and O–H groups in total. The predicted molar refractivity (Wildman–Crippen MR) is 115 cm³/mol. The number of rotatable bonds is 7. The predicted octanol–water partition coefficient (Wildman–Crippen LogP) is 2.26. The number of carbonyl (C=O) groups excluding carboxylic acids is 2. The number of allylic oxidation sites excluding steroid dienone is 3. The van der Waals surface area contributed by atoms with E-state index in [-0.39, 0.29) is 24.7 Å². The van der Waals surface area contributed by atoms with Crippen LogP contribution < -0.4 is 10.2 Å². The van der Waals surface area contributed by atoms with Crippen molar-refractivity contribution in [1.29, 1.82) is 0 Å². The molecule has 2 aromatic rings. The second-order valence-electron chi connectivity index (χ2n) is 7.00. The maximum atomic E-state index is 12.6. The quantitative estimate of drug-likeness (QED) is 0.560. The highest BCUT2D eigenvalue weighted by molar-refractivity contribution is 5.95. The third-order valence-corrected chi connectivity index (χ3v) is 4.63. The summed E-state index contributed by atoms with van der Waals surface area (Å²) in [5, 5.41) is 7.18. The van der Waals surface area contributed by atoms with Crippen LogP contribution in [-0.2, 0) is 16.1 Å². The van der Waals surface area contributed by atoms with E-state index >= 15 is 0 Å². The van der Waals surface area contributed by atoms with Crippen molar-refractivity contribution in [3.8, 4) is 0 Å².